The molecule has 0 bridgehead atoms. The van der Waals surface area contributed by atoms with E-state index in [2.05, 4.69) is 20.8 Å². The molecular formula is C20H43NO. The van der Waals surface area contributed by atoms with Crippen molar-refractivity contribution in [1.29, 1.82) is 0 Å². The van der Waals surface area contributed by atoms with E-state index in [0.29, 0.717) is 5.92 Å². The lowest BCUT2D eigenvalue weighted by Crippen LogP contribution is -2.26. The third-order valence-electron chi connectivity index (χ3n) is 4.68. The fourth-order valence-electron chi connectivity index (χ4n) is 2.90. The molecule has 0 radical (unpaired) electrons. The van der Waals surface area contributed by atoms with Crippen molar-refractivity contribution in [2.45, 2.75) is 117 Å². The van der Waals surface area contributed by atoms with Gasteiger partial charge in [0.15, 0.2) is 0 Å². The topological polar surface area (TPSA) is 35.2 Å². The van der Waals surface area contributed by atoms with Crippen molar-refractivity contribution in [3.63, 3.8) is 0 Å². The second-order valence-electron chi connectivity index (χ2n) is 6.91. The van der Waals surface area contributed by atoms with Crippen molar-refractivity contribution >= 4 is 0 Å². The van der Waals surface area contributed by atoms with Crippen molar-refractivity contribution in [3.8, 4) is 0 Å². The zero-order valence-corrected chi connectivity index (χ0v) is 15.7. The highest BCUT2D eigenvalue weighted by molar-refractivity contribution is 4.58. The van der Waals surface area contributed by atoms with Crippen LogP contribution >= 0.6 is 0 Å². The van der Waals surface area contributed by atoms with Gasteiger partial charge in [0.1, 0.15) is 6.23 Å². The van der Waals surface area contributed by atoms with Gasteiger partial charge >= 0.3 is 0 Å². The molecule has 2 heteroatoms. The smallest absolute Gasteiger partial charge is 0.105 e. The lowest BCUT2D eigenvalue weighted by atomic mass is 10.0. The predicted molar refractivity (Wildman–Crippen MR) is 99.1 cm³/mol. The first kappa shape index (κ1) is 21.9. The van der Waals surface area contributed by atoms with Crippen LogP contribution in [0, 0.1) is 5.92 Å². The van der Waals surface area contributed by atoms with Gasteiger partial charge in [-0.15, -0.1) is 0 Å². The lowest BCUT2D eigenvalue weighted by molar-refractivity contribution is 0.0233. The molecule has 0 aliphatic heterocycles. The minimum absolute atomic E-state index is 0.0415. The summed E-state index contributed by atoms with van der Waals surface area (Å²) in [5.41, 5.74) is 6.08. The van der Waals surface area contributed by atoms with E-state index in [-0.39, 0.29) is 6.23 Å². The third kappa shape index (κ3) is 14.8. The molecule has 0 amide bonds. The number of ether oxygens (including phenoxy) is 1. The van der Waals surface area contributed by atoms with Gasteiger partial charge in [-0.3, -0.25) is 0 Å². The fourth-order valence-corrected chi connectivity index (χ4v) is 2.90. The van der Waals surface area contributed by atoms with Crippen molar-refractivity contribution in [2.75, 3.05) is 6.61 Å². The van der Waals surface area contributed by atoms with Crippen molar-refractivity contribution < 1.29 is 4.74 Å². The highest BCUT2D eigenvalue weighted by atomic mass is 16.5. The maximum absolute atomic E-state index is 6.08. The molecule has 0 spiro atoms. The maximum Gasteiger partial charge on any atom is 0.105 e. The van der Waals surface area contributed by atoms with Crippen LogP contribution in [-0.2, 0) is 4.74 Å². The Hall–Kier alpha value is -0.0800. The third-order valence-corrected chi connectivity index (χ3v) is 4.68. The van der Waals surface area contributed by atoms with E-state index in [1.165, 1.54) is 83.5 Å². The van der Waals surface area contributed by atoms with Crippen LogP contribution in [0.3, 0.4) is 0 Å². The van der Waals surface area contributed by atoms with Gasteiger partial charge in [-0.2, -0.15) is 0 Å². The molecule has 0 aromatic heterocycles. The van der Waals surface area contributed by atoms with Gasteiger partial charge in [-0.05, 0) is 25.2 Å². The van der Waals surface area contributed by atoms with E-state index in [0.717, 1.165) is 13.0 Å². The van der Waals surface area contributed by atoms with Gasteiger partial charge in [0.25, 0.3) is 0 Å². The summed E-state index contributed by atoms with van der Waals surface area (Å²) in [6.07, 6.45) is 18.4. The molecule has 0 heterocycles. The number of rotatable bonds is 17. The zero-order valence-electron chi connectivity index (χ0n) is 15.7. The summed E-state index contributed by atoms with van der Waals surface area (Å²) in [6, 6.07) is 0. The average molecular weight is 314 g/mol. The van der Waals surface area contributed by atoms with E-state index >= 15 is 0 Å². The van der Waals surface area contributed by atoms with Gasteiger partial charge in [0.2, 0.25) is 0 Å². The van der Waals surface area contributed by atoms with Crippen molar-refractivity contribution in [1.82, 2.24) is 0 Å². The molecule has 0 aromatic rings. The SMILES string of the molecule is CCCCCCCCCCCC(N)OCC(CC)CCCC. The van der Waals surface area contributed by atoms with Crippen molar-refractivity contribution in [2.24, 2.45) is 11.7 Å². The molecule has 0 aliphatic carbocycles. The molecule has 0 fully saturated rings. The summed E-state index contributed by atoms with van der Waals surface area (Å²) in [7, 11) is 0. The van der Waals surface area contributed by atoms with Crippen LogP contribution in [0.2, 0.25) is 0 Å². The molecule has 0 saturated carbocycles. The normalized spacial score (nSPS) is 14.2. The predicted octanol–water partition coefficient (Wildman–Crippen LogP) is 6.43. The number of hydrogen-bond acceptors (Lipinski definition) is 2. The van der Waals surface area contributed by atoms with E-state index in [4.69, 9.17) is 10.5 Å². The molecule has 0 saturated heterocycles. The highest BCUT2D eigenvalue weighted by Gasteiger charge is 2.09. The van der Waals surface area contributed by atoms with Crippen LogP contribution in [0.15, 0.2) is 0 Å². The number of unbranched alkanes of at least 4 members (excludes halogenated alkanes) is 9. The first-order valence-electron chi connectivity index (χ1n) is 10.1. The van der Waals surface area contributed by atoms with Crippen molar-refractivity contribution in [3.05, 3.63) is 0 Å². The van der Waals surface area contributed by atoms with Crippen LogP contribution in [-0.4, -0.2) is 12.8 Å². The largest absolute Gasteiger partial charge is 0.363 e. The Morgan fingerprint density at radius 2 is 1.23 bits per heavy atom. The Labute approximate surface area is 140 Å². The summed E-state index contributed by atoms with van der Waals surface area (Å²) in [4.78, 5) is 0. The Balaban J connectivity index is 3.36. The standard InChI is InChI=1S/C20H43NO/c1-4-7-9-10-11-12-13-14-15-17-20(21)22-18-19(6-3)16-8-5-2/h19-20H,4-18,21H2,1-3H3. The van der Waals surface area contributed by atoms with Crippen LogP contribution < -0.4 is 5.73 Å². The first-order valence-corrected chi connectivity index (χ1v) is 10.1. The maximum atomic E-state index is 6.08. The Morgan fingerprint density at radius 1 is 0.682 bits per heavy atom. The van der Waals surface area contributed by atoms with E-state index in [1.807, 2.05) is 0 Å². The summed E-state index contributed by atoms with van der Waals surface area (Å²) in [6.45, 7) is 7.64. The molecule has 2 nitrogen and oxygen atoms in total. The van der Waals surface area contributed by atoms with E-state index in [1.54, 1.807) is 0 Å². The minimum atomic E-state index is -0.0415. The summed E-state index contributed by atoms with van der Waals surface area (Å²) in [5, 5.41) is 0. The molecule has 2 N–H and O–H groups in total. The summed E-state index contributed by atoms with van der Waals surface area (Å²) in [5.74, 6) is 0.703. The fraction of sp³-hybridized carbons (Fsp3) is 1.00. The second kappa shape index (κ2) is 17.3. The zero-order chi connectivity index (χ0) is 16.5. The lowest BCUT2D eigenvalue weighted by Gasteiger charge is -2.18. The molecule has 0 rings (SSSR count). The highest BCUT2D eigenvalue weighted by Crippen LogP contribution is 2.15. The average Bonchev–Trinajstić information content (AvgIpc) is 2.53. The van der Waals surface area contributed by atoms with Gasteiger partial charge in [-0.25, -0.2) is 0 Å². The Bertz CT molecular complexity index is 208. The van der Waals surface area contributed by atoms with Gasteiger partial charge in [0, 0.05) is 0 Å². The van der Waals surface area contributed by atoms with Gasteiger partial charge in [0.05, 0.1) is 6.61 Å². The number of nitrogens with two attached hydrogens (primary N) is 1. The Morgan fingerprint density at radius 3 is 1.77 bits per heavy atom. The van der Waals surface area contributed by atoms with Gasteiger partial charge < -0.3 is 10.5 Å². The first-order chi connectivity index (χ1) is 10.7. The molecule has 0 aliphatic rings. The number of hydrogen-bond donors (Lipinski definition) is 1. The van der Waals surface area contributed by atoms with E-state index in [9.17, 15) is 0 Å². The Kier molecular flexibility index (Phi) is 17.2. The summed E-state index contributed by atoms with van der Waals surface area (Å²) < 4.78 is 5.84. The molecule has 134 valence electrons. The minimum Gasteiger partial charge on any atom is -0.363 e. The molecule has 0 aromatic carbocycles. The van der Waals surface area contributed by atoms with Crippen LogP contribution in [0.5, 0.6) is 0 Å². The second-order valence-corrected chi connectivity index (χ2v) is 6.91. The molecular weight excluding hydrogens is 270 g/mol. The molecule has 2 unspecified atom stereocenters. The van der Waals surface area contributed by atoms with E-state index < -0.39 is 0 Å². The quantitative estimate of drug-likeness (QED) is 0.248. The van der Waals surface area contributed by atoms with Crippen LogP contribution in [0.1, 0.15) is 111 Å². The summed E-state index contributed by atoms with van der Waals surface area (Å²) >= 11 is 0. The van der Waals surface area contributed by atoms with Gasteiger partial charge in [-0.1, -0.05) is 91.4 Å². The molecule has 22 heavy (non-hydrogen) atoms. The monoisotopic (exact) mass is 313 g/mol. The van der Waals surface area contributed by atoms with Crippen LogP contribution in [0.4, 0.5) is 0 Å². The van der Waals surface area contributed by atoms with Crippen LogP contribution in [0.25, 0.3) is 0 Å². The molecule has 2 atom stereocenters.